The minimum absolute atomic E-state index is 0.108. The summed E-state index contributed by atoms with van der Waals surface area (Å²) >= 11 is 0. The highest BCUT2D eigenvalue weighted by atomic mass is 31.2. The van der Waals surface area contributed by atoms with Gasteiger partial charge in [0, 0.05) is 6.54 Å². The zero-order chi connectivity index (χ0) is 10.7. The van der Waals surface area contributed by atoms with Gasteiger partial charge in [-0.05, 0) is 6.08 Å². The topological polar surface area (TPSA) is 101 Å². The van der Waals surface area contributed by atoms with Gasteiger partial charge in [-0.2, -0.15) is 0 Å². The van der Waals surface area contributed by atoms with Crippen LogP contribution >= 0.6 is 7.60 Å². The van der Waals surface area contributed by atoms with Crippen molar-refractivity contribution in [3.63, 3.8) is 0 Å². The second-order valence-corrected chi connectivity index (χ2v) is 4.80. The maximum Gasteiger partial charge on any atom is 0.326 e. The molecule has 0 heterocycles. The molecule has 0 rings (SSSR count). The predicted octanol–water partition coefficient (Wildman–Crippen LogP) is -0.116. The van der Waals surface area contributed by atoms with E-state index in [1.165, 1.54) is 6.92 Å². The van der Waals surface area contributed by atoms with Crippen LogP contribution in [-0.4, -0.2) is 28.3 Å². The van der Waals surface area contributed by atoms with Gasteiger partial charge in [0.25, 0.3) is 0 Å². The van der Waals surface area contributed by atoms with E-state index in [1.807, 2.05) is 0 Å². The van der Waals surface area contributed by atoms with E-state index >= 15 is 0 Å². The molecule has 0 radical (unpaired) electrons. The van der Waals surface area contributed by atoms with Crippen LogP contribution in [0.25, 0.3) is 0 Å². The van der Waals surface area contributed by atoms with E-state index in [2.05, 4.69) is 6.58 Å². The Morgan fingerprint density at radius 3 is 2.38 bits per heavy atom. The van der Waals surface area contributed by atoms with Crippen molar-refractivity contribution in [2.75, 3.05) is 12.7 Å². The Kier molecular flexibility index (Phi) is 4.00. The summed E-state index contributed by atoms with van der Waals surface area (Å²) in [7, 11) is -4.22. The van der Waals surface area contributed by atoms with Gasteiger partial charge >= 0.3 is 7.60 Å². The van der Waals surface area contributed by atoms with E-state index in [0.717, 1.165) is 6.08 Å². The lowest BCUT2D eigenvalue weighted by atomic mass is 9.88. The smallest absolute Gasteiger partial charge is 0.326 e. The van der Waals surface area contributed by atoms with Crippen LogP contribution in [0.3, 0.4) is 0 Å². The van der Waals surface area contributed by atoms with Crippen LogP contribution in [0.15, 0.2) is 12.7 Å². The summed E-state index contributed by atoms with van der Waals surface area (Å²) in [5.41, 5.74) is 4.07. The third-order valence-corrected chi connectivity index (χ3v) is 2.90. The summed E-state index contributed by atoms with van der Waals surface area (Å²) in [6.45, 7) is 4.55. The molecule has 0 aromatic carbocycles. The average molecular weight is 207 g/mol. The third kappa shape index (κ3) is 3.83. The number of hydrogen-bond acceptors (Lipinski definition) is 3. The summed E-state index contributed by atoms with van der Waals surface area (Å²) in [5.74, 6) is -0.446. The normalized spacial score (nSPS) is 16.3. The van der Waals surface area contributed by atoms with Gasteiger partial charge in [0.15, 0.2) is 5.78 Å². The lowest BCUT2D eigenvalue weighted by Crippen LogP contribution is -2.38. The predicted molar refractivity (Wildman–Crippen MR) is 49.3 cm³/mol. The van der Waals surface area contributed by atoms with Crippen molar-refractivity contribution < 1.29 is 19.1 Å². The molecule has 0 amide bonds. The zero-order valence-electron chi connectivity index (χ0n) is 7.43. The van der Waals surface area contributed by atoms with Gasteiger partial charge in [-0.15, -0.1) is 0 Å². The number of rotatable bonds is 5. The molecule has 1 atom stereocenters. The van der Waals surface area contributed by atoms with Crippen molar-refractivity contribution >= 4 is 13.4 Å². The zero-order valence-corrected chi connectivity index (χ0v) is 8.33. The Balaban J connectivity index is 4.75. The van der Waals surface area contributed by atoms with Gasteiger partial charge in [-0.3, -0.25) is 9.36 Å². The van der Waals surface area contributed by atoms with E-state index in [9.17, 15) is 9.36 Å². The van der Waals surface area contributed by atoms with E-state index < -0.39 is 25.0 Å². The van der Waals surface area contributed by atoms with Gasteiger partial charge < -0.3 is 15.5 Å². The van der Waals surface area contributed by atoms with Gasteiger partial charge in [0.1, 0.15) is 0 Å². The molecule has 4 N–H and O–H groups in total. The number of nitrogens with two attached hydrogens (primary N) is 1. The van der Waals surface area contributed by atoms with Crippen LogP contribution in [0, 0.1) is 5.41 Å². The Morgan fingerprint density at radius 2 is 2.15 bits per heavy atom. The number of carbonyl (C=O) groups is 1. The molecule has 0 fully saturated rings. The Morgan fingerprint density at radius 1 is 1.69 bits per heavy atom. The van der Waals surface area contributed by atoms with Gasteiger partial charge in [-0.25, -0.2) is 0 Å². The third-order valence-electron chi connectivity index (χ3n) is 1.79. The van der Waals surface area contributed by atoms with Gasteiger partial charge in [0.2, 0.25) is 0 Å². The minimum atomic E-state index is -4.22. The Labute approximate surface area is 76.8 Å². The molecule has 0 bridgehead atoms. The second-order valence-electron chi connectivity index (χ2n) is 3.16. The first-order valence-corrected chi connectivity index (χ1v) is 5.46. The van der Waals surface area contributed by atoms with Crippen LogP contribution in [0.5, 0.6) is 0 Å². The SMILES string of the molecule is C=CC(=O)C(C)(CN)CP(=O)(O)O. The highest BCUT2D eigenvalue weighted by Gasteiger charge is 2.36. The van der Waals surface area contributed by atoms with E-state index in [-0.39, 0.29) is 6.54 Å². The Hall–Kier alpha value is -0.480. The molecule has 6 heteroatoms. The summed E-state index contributed by atoms with van der Waals surface area (Å²) in [6.07, 6.45) is 0.490. The molecule has 5 nitrogen and oxygen atoms in total. The fraction of sp³-hybridized carbons (Fsp3) is 0.571. The number of allylic oxidation sites excluding steroid dienone is 1. The molecule has 0 aromatic rings. The molecule has 0 aliphatic carbocycles. The molecule has 0 spiro atoms. The summed E-state index contributed by atoms with van der Waals surface area (Å²) in [4.78, 5) is 28.6. The first-order chi connectivity index (χ1) is 5.75. The molecule has 13 heavy (non-hydrogen) atoms. The molecular weight excluding hydrogens is 193 g/mol. The molecule has 0 aliphatic heterocycles. The highest BCUT2D eigenvalue weighted by Crippen LogP contribution is 2.41. The van der Waals surface area contributed by atoms with Crippen LogP contribution in [-0.2, 0) is 9.36 Å². The Bertz CT molecular complexity index is 259. The quantitative estimate of drug-likeness (QED) is 0.431. The van der Waals surface area contributed by atoms with Crippen molar-refractivity contribution in [3.8, 4) is 0 Å². The van der Waals surface area contributed by atoms with Crippen molar-refractivity contribution in [1.29, 1.82) is 0 Å². The maximum absolute atomic E-state index is 11.2. The molecule has 0 aliphatic rings. The van der Waals surface area contributed by atoms with Crippen molar-refractivity contribution in [3.05, 3.63) is 12.7 Å². The highest BCUT2D eigenvalue weighted by molar-refractivity contribution is 7.51. The number of ketones is 1. The summed E-state index contributed by atoms with van der Waals surface area (Å²) in [6, 6.07) is 0. The summed E-state index contributed by atoms with van der Waals surface area (Å²) < 4.78 is 10.7. The van der Waals surface area contributed by atoms with Crippen molar-refractivity contribution in [1.82, 2.24) is 0 Å². The van der Waals surface area contributed by atoms with Crippen LogP contribution < -0.4 is 5.73 Å². The molecular formula is C7H14NO4P. The van der Waals surface area contributed by atoms with E-state index in [0.29, 0.717) is 0 Å². The van der Waals surface area contributed by atoms with Crippen molar-refractivity contribution in [2.24, 2.45) is 11.1 Å². The van der Waals surface area contributed by atoms with E-state index in [1.54, 1.807) is 0 Å². The molecule has 76 valence electrons. The fourth-order valence-corrected chi connectivity index (χ4v) is 2.14. The molecule has 0 saturated heterocycles. The first kappa shape index (κ1) is 12.5. The van der Waals surface area contributed by atoms with Crippen LogP contribution in [0.1, 0.15) is 6.92 Å². The van der Waals surface area contributed by atoms with Gasteiger partial charge in [0.05, 0.1) is 11.6 Å². The maximum atomic E-state index is 11.2. The largest absolute Gasteiger partial charge is 0.329 e. The summed E-state index contributed by atoms with van der Waals surface area (Å²) in [5, 5.41) is 0. The standard InChI is InChI=1S/C7H14NO4P/c1-3-6(9)7(2,4-8)5-13(10,11)12/h3H,1,4-5,8H2,2H3,(H2,10,11,12). The average Bonchev–Trinajstić information content (AvgIpc) is 1.99. The fourth-order valence-electron chi connectivity index (χ4n) is 0.944. The van der Waals surface area contributed by atoms with Crippen molar-refractivity contribution in [2.45, 2.75) is 6.92 Å². The lowest BCUT2D eigenvalue weighted by Gasteiger charge is -2.24. The molecule has 1 unspecified atom stereocenters. The monoisotopic (exact) mass is 207 g/mol. The molecule has 0 saturated carbocycles. The first-order valence-electron chi connectivity index (χ1n) is 3.67. The lowest BCUT2D eigenvalue weighted by molar-refractivity contribution is -0.121. The van der Waals surface area contributed by atoms with Crippen LogP contribution in [0.4, 0.5) is 0 Å². The second kappa shape index (κ2) is 4.15. The van der Waals surface area contributed by atoms with Crippen LogP contribution in [0.2, 0.25) is 0 Å². The number of hydrogen-bond donors (Lipinski definition) is 3. The molecule has 0 aromatic heterocycles. The van der Waals surface area contributed by atoms with E-state index in [4.69, 9.17) is 15.5 Å². The van der Waals surface area contributed by atoms with Gasteiger partial charge in [-0.1, -0.05) is 13.5 Å². The minimum Gasteiger partial charge on any atom is -0.329 e. The number of carbonyl (C=O) groups excluding carboxylic acids is 1.